The molecule has 0 amide bonds. The summed E-state index contributed by atoms with van der Waals surface area (Å²) in [4.78, 5) is 0.514. The molecule has 0 fully saturated rings. The lowest BCUT2D eigenvalue weighted by Crippen LogP contribution is -2.39. The molecule has 0 saturated carbocycles. The first-order valence-electron chi connectivity index (χ1n) is 5.98. The van der Waals surface area contributed by atoms with Gasteiger partial charge in [-0.15, -0.1) is 0 Å². The molecule has 0 saturated heterocycles. The summed E-state index contributed by atoms with van der Waals surface area (Å²) in [6, 6.07) is 7.03. The highest BCUT2D eigenvalue weighted by molar-refractivity contribution is 7.83. The second-order valence-corrected chi connectivity index (χ2v) is 7.90. The highest BCUT2D eigenvalue weighted by atomic mass is 32.2. The molecule has 0 radical (unpaired) electrons. The Labute approximate surface area is 121 Å². The molecule has 0 aliphatic heterocycles. The lowest BCUT2D eigenvalue weighted by atomic mass is 10.2. The van der Waals surface area contributed by atoms with E-state index in [1.807, 2.05) is 19.1 Å². The van der Waals surface area contributed by atoms with Gasteiger partial charge in [-0.3, -0.25) is 4.57 Å². The van der Waals surface area contributed by atoms with Crippen LogP contribution in [-0.2, 0) is 24.6 Å². The highest BCUT2D eigenvalue weighted by Gasteiger charge is 2.38. The number of benzene rings is 1. The van der Waals surface area contributed by atoms with E-state index in [0.717, 1.165) is 5.56 Å². The van der Waals surface area contributed by atoms with E-state index in [1.54, 1.807) is 12.1 Å². The number of rotatable bonds is 7. The van der Waals surface area contributed by atoms with Crippen LogP contribution < -0.4 is 4.72 Å². The largest absolute Gasteiger partial charge is 0.391 e. The van der Waals surface area contributed by atoms with Gasteiger partial charge in [-0.2, -0.15) is 0 Å². The van der Waals surface area contributed by atoms with Gasteiger partial charge >= 0.3 is 7.60 Å². The number of aliphatic hydroxyl groups excluding tert-OH is 1. The fraction of sp³-hybridized carbons (Fsp3) is 0.500. The van der Waals surface area contributed by atoms with Crippen LogP contribution in [0.15, 0.2) is 29.2 Å². The smallest absolute Gasteiger partial charge is 0.350 e. The maximum atomic E-state index is 12.3. The van der Waals surface area contributed by atoms with Crippen LogP contribution in [0.3, 0.4) is 0 Å². The van der Waals surface area contributed by atoms with Crippen molar-refractivity contribution in [3.8, 4) is 0 Å². The van der Waals surface area contributed by atoms with Gasteiger partial charge in [0.1, 0.15) is 16.8 Å². The second kappa shape index (κ2) is 7.45. The van der Waals surface area contributed by atoms with Crippen molar-refractivity contribution in [1.82, 2.24) is 4.72 Å². The third kappa shape index (κ3) is 4.22. The molecule has 6 nitrogen and oxygen atoms in total. The zero-order chi connectivity index (χ0) is 15.3. The van der Waals surface area contributed by atoms with Crippen molar-refractivity contribution in [2.24, 2.45) is 0 Å². The summed E-state index contributed by atoms with van der Waals surface area (Å²) in [6.07, 6.45) is -1.06. The first kappa shape index (κ1) is 17.5. The summed E-state index contributed by atoms with van der Waals surface area (Å²) in [6.45, 7) is 3.34. The van der Waals surface area contributed by atoms with Crippen LogP contribution in [0.2, 0.25) is 0 Å². The van der Waals surface area contributed by atoms with Crippen molar-refractivity contribution in [3.05, 3.63) is 29.8 Å². The van der Waals surface area contributed by atoms with E-state index in [9.17, 15) is 13.9 Å². The van der Waals surface area contributed by atoms with Gasteiger partial charge in [0.15, 0.2) is 0 Å². The van der Waals surface area contributed by atoms with E-state index >= 15 is 0 Å². The molecule has 1 aromatic rings. The fourth-order valence-corrected chi connectivity index (χ4v) is 4.44. The molecule has 20 heavy (non-hydrogen) atoms. The third-order valence-electron chi connectivity index (χ3n) is 2.77. The number of hydrogen-bond donors (Lipinski definition) is 2. The molecule has 0 spiro atoms. The van der Waals surface area contributed by atoms with Crippen LogP contribution in [0, 0.1) is 6.92 Å². The molecule has 1 aromatic carbocycles. The zero-order valence-electron chi connectivity index (χ0n) is 11.9. The Morgan fingerprint density at radius 2 is 1.75 bits per heavy atom. The standard InChI is InChI=1S/C12H20NO5PS/c1-9-5-7-11(8-6-9)20(16)13-12(10(2)14)19(15,17-3)18-4/h5-8,10,12-14H,1-4H3/t10-,12+,20?/m1/s1. The van der Waals surface area contributed by atoms with Crippen LogP contribution >= 0.6 is 7.60 Å². The van der Waals surface area contributed by atoms with Crippen LogP contribution in [0.5, 0.6) is 0 Å². The van der Waals surface area contributed by atoms with Crippen LogP contribution in [0.4, 0.5) is 0 Å². The van der Waals surface area contributed by atoms with Crippen molar-refractivity contribution in [3.63, 3.8) is 0 Å². The van der Waals surface area contributed by atoms with E-state index < -0.39 is 30.5 Å². The first-order valence-corrected chi connectivity index (χ1v) is 8.74. The number of hydrogen-bond acceptors (Lipinski definition) is 5. The van der Waals surface area contributed by atoms with E-state index in [0.29, 0.717) is 4.90 Å². The Morgan fingerprint density at radius 3 is 2.15 bits per heavy atom. The molecule has 0 bridgehead atoms. The molecular formula is C12H20NO5PS. The van der Waals surface area contributed by atoms with Gasteiger partial charge in [0.2, 0.25) is 0 Å². The summed E-state index contributed by atoms with van der Waals surface area (Å²) in [5.41, 5.74) is 1.04. The monoisotopic (exact) mass is 321 g/mol. The van der Waals surface area contributed by atoms with Gasteiger partial charge < -0.3 is 14.2 Å². The van der Waals surface area contributed by atoms with Gasteiger partial charge in [-0.05, 0) is 26.0 Å². The molecule has 1 rings (SSSR count). The van der Waals surface area contributed by atoms with E-state index in [4.69, 9.17) is 9.05 Å². The maximum Gasteiger partial charge on any atom is 0.350 e. The van der Waals surface area contributed by atoms with Gasteiger partial charge in [0.25, 0.3) is 0 Å². The Kier molecular flexibility index (Phi) is 6.51. The maximum absolute atomic E-state index is 12.3. The van der Waals surface area contributed by atoms with Gasteiger partial charge in [0.05, 0.1) is 11.0 Å². The average Bonchev–Trinajstić information content (AvgIpc) is 2.44. The molecular weight excluding hydrogens is 301 g/mol. The summed E-state index contributed by atoms with van der Waals surface area (Å²) in [7, 11) is -2.78. The zero-order valence-corrected chi connectivity index (χ0v) is 13.6. The van der Waals surface area contributed by atoms with Crippen molar-refractivity contribution in [2.45, 2.75) is 30.6 Å². The van der Waals surface area contributed by atoms with Crippen LogP contribution in [0.25, 0.3) is 0 Å². The molecule has 114 valence electrons. The molecule has 0 aliphatic rings. The van der Waals surface area contributed by atoms with Gasteiger partial charge in [-0.1, -0.05) is 17.7 Å². The predicted octanol–water partition coefficient (Wildman–Crippen LogP) is 1.80. The fourth-order valence-electron chi connectivity index (χ4n) is 1.57. The molecule has 0 aromatic heterocycles. The lowest BCUT2D eigenvalue weighted by molar-refractivity contribution is 0.160. The second-order valence-electron chi connectivity index (χ2n) is 4.29. The third-order valence-corrected chi connectivity index (χ3v) is 6.37. The Hall–Kier alpha value is -0.560. The SMILES string of the molecule is COP(=O)(OC)[C@H](NS(=O)c1ccc(C)cc1)[C@@H](C)O. The minimum absolute atomic E-state index is 0.514. The molecule has 3 atom stereocenters. The van der Waals surface area contributed by atoms with Crippen molar-refractivity contribution in [1.29, 1.82) is 0 Å². The Balaban J connectivity index is 2.94. The lowest BCUT2D eigenvalue weighted by Gasteiger charge is -2.26. The van der Waals surface area contributed by atoms with Gasteiger partial charge in [0, 0.05) is 14.2 Å². The highest BCUT2D eigenvalue weighted by Crippen LogP contribution is 2.51. The quantitative estimate of drug-likeness (QED) is 0.748. The molecule has 1 unspecified atom stereocenters. The van der Waals surface area contributed by atoms with Crippen LogP contribution in [0.1, 0.15) is 12.5 Å². The molecule has 8 heteroatoms. The summed E-state index contributed by atoms with van der Waals surface area (Å²) < 4.78 is 36.8. The minimum Gasteiger partial charge on any atom is -0.391 e. The molecule has 2 N–H and O–H groups in total. The number of nitrogens with one attached hydrogen (secondary N) is 1. The summed E-state index contributed by atoms with van der Waals surface area (Å²) in [5, 5.41) is 9.72. The topological polar surface area (TPSA) is 84.9 Å². The molecule has 0 heterocycles. The van der Waals surface area contributed by atoms with E-state index in [-0.39, 0.29) is 0 Å². The van der Waals surface area contributed by atoms with E-state index in [2.05, 4.69) is 4.72 Å². The summed E-state index contributed by atoms with van der Waals surface area (Å²) >= 11 is 0. The predicted molar refractivity (Wildman–Crippen MR) is 77.8 cm³/mol. The molecule has 0 aliphatic carbocycles. The summed E-state index contributed by atoms with van der Waals surface area (Å²) in [5.74, 6) is -1.08. The van der Waals surface area contributed by atoms with Crippen molar-refractivity contribution in [2.75, 3.05) is 14.2 Å². The Morgan fingerprint density at radius 1 is 1.25 bits per heavy atom. The van der Waals surface area contributed by atoms with Crippen molar-refractivity contribution >= 4 is 18.6 Å². The number of aliphatic hydroxyl groups is 1. The normalized spacial score (nSPS) is 16.6. The minimum atomic E-state index is -3.59. The first-order chi connectivity index (χ1) is 9.34. The van der Waals surface area contributed by atoms with Crippen LogP contribution in [-0.4, -0.2) is 35.4 Å². The van der Waals surface area contributed by atoms with Gasteiger partial charge in [-0.25, -0.2) is 8.93 Å². The number of aryl methyl sites for hydroxylation is 1. The Bertz CT molecular complexity index is 497. The average molecular weight is 321 g/mol. The van der Waals surface area contributed by atoms with Crippen molar-refractivity contribution < 1.29 is 22.9 Å². The van der Waals surface area contributed by atoms with E-state index in [1.165, 1.54) is 21.1 Å².